The molecule has 0 saturated carbocycles. The number of hydrogen-bond donors (Lipinski definition) is 2. The second-order valence-corrected chi connectivity index (χ2v) is 6.69. The number of carbonyl (C=O) groups is 1. The van der Waals surface area contributed by atoms with Crippen molar-refractivity contribution in [3.8, 4) is 0 Å². The molecule has 1 amide bonds. The second kappa shape index (κ2) is 8.66. The van der Waals surface area contributed by atoms with Crippen LogP contribution in [0.25, 0.3) is 0 Å². The SMILES string of the molecule is Cc1nc(C)c(CC(=O)N2CCNCC2c2cccc(Cl)c2)c(=O)[nH]1.Cl. The zero-order valence-electron chi connectivity index (χ0n) is 14.7. The zero-order chi connectivity index (χ0) is 18.0. The van der Waals surface area contributed by atoms with Crippen LogP contribution in [0.3, 0.4) is 0 Å². The second-order valence-electron chi connectivity index (χ2n) is 6.25. The Kier molecular flexibility index (Phi) is 6.81. The van der Waals surface area contributed by atoms with Crippen molar-refractivity contribution >= 4 is 29.9 Å². The van der Waals surface area contributed by atoms with E-state index >= 15 is 0 Å². The van der Waals surface area contributed by atoms with Gasteiger partial charge in [-0.2, -0.15) is 0 Å². The number of benzene rings is 1. The molecule has 0 spiro atoms. The molecule has 0 bridgehead atoms. The van der Waals surface area contributed by atoms with Crippen LogP contribution < -0.4 is 10.9 Å². The Hall–Kier alpha value is -1.89. The third-order valence-electron chi connectivity index (χ3n) is 4.47. The standard InChI is InChI=1S/C18H21ClN4O2.ClH/c1-11-15(18(25)22-12(2)21-11)9-17(24)23-7-6-20-10-16(23)13-4-3-5-14(19)8-13;/h3-5,8,16,20H,6-7,9-10H2,1-2H3,(H,21,22,25);1H. The number of H-pyrrole nitrogens is 1. The van der Waals surface area contributed by atoms with E-state index < -0.39 is 0 Å². The number of aromatic amines is 1. The van der Waals surface area contributed by atoms with E-state index in [9.17, 15) is 9.59 Å². The number of rotatable bonds is 3. The van der Waals surface area contributed by atoms with Gasteiger partial charge in [0.25, 0.3) is 5.56 Å². The van der Waals surface area contributed by atoms with Gasteiger partial charge in [-0.3, -0.25) is 9.59 Å². The van der Waals surface area contributed by atoms with Gasteiger partial charge in [0.2, 0.25) is 5.91 Å². The lowest BCUT2D eigenvalue weighted by atomic mass is 10.0. The summed E-state index contributed by atoms with van der Waals surface area (Å²) in [5.41, 5.74) is 1.77. The molecule has 0 radical (unpaired) electrons. The number of piperazine rings is 1. The predicted molar refractivity (Wildman–Crippen MR) is 104 cm³/mol. The summed E-state index contributed by atoms with van der Waals surface area (Å²) >= 11 is 6.10. The molecule has 6 nitrogen and oxygen atoms in total. The minimum Gasteiger partial charge on any atom is -0.333 e. The zero-order valence-corrected chi connectivity index (χ0v) is 16.3. The Bertz CT molecular complexity index is 853. The molecule has 1 saturated heterocycles. The summed E-state index contributed by atoms with van der Waals surface area (Å²) in [5, 5.41) is 3.96. The molecule has 8 heteroatoms. The molecule has 1 fully saturated rings. The Labute approximate surface area is 163 Å². The van der Waals surface area contributed by atoms with Crippen LogP contribution in [0.4, 0.5) is 0 Å². The number of aromatic nitrogens is 2. The molecule has 1 atom stereocenters. The van der Waals surface area contributed by atoms with Crippen molar-refractivity contribution in [2.75, 3.05) is 19.6 Å². The number of aryl methyl sites for hydroxylation is 2. The van der Waals surface area contributed by atoms with Crippen LogP contribution in [0.2, 0.25) is 5.02 Å². The molecular formula is C18H22Cl2N4O2. The molecule has 0 aliphatic carbocycles. The number of amides is 1. The smallest absolute Gasteiger partial charge is 0.254 e. The van der Waals surface area contributed by atoms with Gasteiger partial charge >= 0.3 is 0 Å². The molecule has 1 aromatic heterocycles. The van der Waals surface area contributed by atoms with Gasteiger partial charge in [0.15, 0.2) is 0 Å². The maximum atomic E-state index is 12.9. The molecule has 1 aromatic carbocycles. The van der Waals surface area contributed by atoms with Gasteiger partial charge in [0, 0.05) is 35.9 Å². The third-order valence-corrected chi connectivity index (χ3v) is 4.70. The summed E-state index contributed by atoms with van der Waals surface area (Å²) in [6.45, 7) is 5.46. The number of carbonyl (C=O) groups excluding carboxylic acids is 1. The molecule has 2 heterocycles. The van der Waals surface area contributed by atoms with Crippen LogP contribution in [-0.4, -0.2) is 40.4 Å². The lowest BCUT2D eigenvalue weighted by Gasteiger charge is -2.36. The van der Waals surface area contributed by atoms with Gasteiger partial charge in [0.1, 0.15) is 5.82 Å². The highest BCUT2D eigenvalue weighted by Gasteiger charge is 2.28. The van der Waals surface area contributed by atoms with E-state index in [1.807, 2.05) is 29.2 Å². The topological polar surface area (TPSA) is 78.1 Å². The van der Waals surface area contributed by atoms with Crippen molar-refractivity contribution in [3.05, 3.63) is 62.3 Å². The first-order valence-corrected chi connectivity index (χ1v) is 8.65. The molecule has 1 unspecified atom stereocenters. The van der Waals surface area contributed by atoms with Gasteiger partial charge < -0.3 is 15.2 Å². The largest absolute Gasteiger partial charge is 0.333 e. The Morgan fingerprint density at radius 3 is 2.85 bits per heavy atom. The summed E-state index contributed by atoms with van der Waals surface area (Å²) in [6, 6.07) is 7.44. The first-order valence-electron chi connectivity index (χ1n) is 8.27. The average Bonchev–Trinajstić information content (AvgIpc) is 2.58. The fourth-order valence-corrected chi connectivity index (χ4v) is 3.43. The van der Waals surface area contributed by atoms with Gasteiger partial charge in [-0.25, -0.2) is 4.98 Å². The number of hydrogen-bond acceptors (Lipinski definition) is 4. The molecule has 1 aliphatic heterocycles. The predicted octanol–water partition coefficient (Wildman–Crippen LogP) is 2.18. The number of halogens is 2. The maximum absolute atomic E-state index is 12.9. The highest BCUT2D eigenvalue weighted by atomic mass is 35.5. The van der Waals surface area contributed by atoms with Crippen LogP contribution >= 0.6 is 24.0 Å². The van der Waals surface area contributed by atoms with Crippen molar-refractivity contribution in [1.82, 2.24) is 20.2 Å². The van der Waals surface area contributed by atoms with Crippen LogP contribution in [0.5, 0.6) is 0 Å². The molecule has 2 N–H and O–H groups in total. The first-order chi connectivity index (χ1) is 12.0. The summed E-state index contributed by atoms with van der Waals surface area (Å²) in [6.07, 6.45) is 0.0471. The van der Waals surface area contributed by atoms with E-state index in [0.717, 1.165) is 12.1 Å². The average molecular weight is 397 g/mol. The van der Waals surface area contributed by atoms with Crippen molar-refractivity contribution in [1.29, 1.82) is 0 Å². The number of nitrogens with one attached hydrogen (secondary N) is 2. The van der Waals surface area contributed by atoms with Crippen LogP contribution in [0.15, 0.2) is 29.1 Å². The molecule has 1 aliphatic rings. The molecule has 3 rings (SSSR count). The summed E-state index contributed by atoms with van der Waals surface area (Å²) in [7, 11) is 0. The fraction of sp³-hybridized carbons (Fsp3) is 0.389. The Morgan fingerprint density at radius 1 is 1.38 bits per heavy atom. The summed E-state index contributed by atoms with van der Waals surface area (Å²) in [4.78, 5) is 33.8. The van der Waals surface area contributed by atoms with Crippen LogP contribution in [0, 0.1) is 13.8 Å². The normalized spacial score (nSPS) is 16.9. The maximum Gasteiger partial charge on any atom is 0.254 e. The highest BCUT2D eigenvalue weighted by molar-refractivity contribution is 6.30. The molecule has 140 valence electrons. The Balaban J connectivity index is 0.00000243. The van der Waals surface area contributed by atoms with Gasteiger partial charge in [-0.05, 0) is 31.5 Å². The molecule has 2 aromatic rings. The lowest BCUT2D eigenvalue weighted by Crippen LogP contribution is -2.49. The minimum atomic E-state index is -0.243. The van der Waals surface area contributed by atoms with E-state index in [4.69, 9.17) is 11.6 Å². The van der Waals surface area contributed by atoms with E-state index in [2.05, 4.69) is 15.3 Å². The fourth-order valence-electron chi connectivity index (χ4n) is 3.23. The minimum absolute atomic E-state index is 0. The van der Waals surface area contributed by atoms with Crippen molar-refractivity contribution in [2.45, 2.75) is 26.3 Å². The quantitative estimate of drug-likeness (QED) is 0.833. The van der Waals surface area contributed by atoms with E-state index in [1.165, 1.54) is 0 Å². The molecular weight excluding hydrogens is 375 g/mol. The van der Waals surface area contributed by atoms with Gasteiger partial charge in [0.05, 0.1) is 12.5 Å². The van der Waals surface area contributed by atoms with Crippen LogP contribution in [-0.2, 0) is 11.2 Å². The number of nitrogens with zero attached hydrogens (tertiary/aromatic N) is 2. The lowest BCUT2D eigenvalue weighted by molar-refractivity contribution is -0.133. The Morgan fingerprint density at radius 2 is 2.15 bits per heavy atom. The van der Waals surface area contributed by atoms with Crippen molar-refractivity contribution in [2.24, 2.45) is 0 Å². The first kappa shape index (κ1) is 20.4. The van der Waals surface area contributed by atoms with E-state index in [0.29, 0.717) is 35.2 Å². The van der Waals surface area contributed by atoms with E-state index in [1.54, 1.807) is 13.8 Å². The highest BCUT2D eigenvalue weighted by Crippen LogP contribution is 2.25. The van der Waals surface area contributed by atoms with Crippen molar-refractivity contribution < 1.29 is 4.79 Å². The monoisotopic (exact) mass is 396 g/mol. The van der Waals surface area contributed by atoms with Gasteiger partial charge in [-0.15, -0.1) is 12.4 Å². The van der Waals surface area contributed by atoms with E-state index in [-0.39, 0.29) is 36.3 Å². The molecule has 26 heavy (non-hydrogen) atoms. The van der Waals surface area contributed by atoms with Crippen LogP contribution in [0.1, 0.15) is 28.7 Å². The summed E-state index contributed by atoms with van der Waals surface area (Å²) < 4.78 is 0. The van der Waals surface area contributed by atoms with Gasteiger partial charge in [-0.1, -0.05) is 23.7 Å². The third kappa shape index (κ3) is 4.44. The summed E-state index contributed by atoms with van der Waals surface area (Å²) in [5.74, 6) is 0.475. The van der Waals surface area contributed by atoms with Crippen molar-refractivity contribution in [3.63, 3.8) is 0 Å².